The van der Waals surface area contributed by atoms with Gasteiger partial charge in [0, 0.05) is 21.3 Å². The van der Waals surface area contributed by atoms with Crippen molar-refractivity contribution in [1.82, 2.24) is 0 Å². The topological polar surface area (TPSA) is 47.6 Å². The predicted molar refractivity (Wildman–Crippen MR) is 133 cm³/mol. The first-order valence-electron chi connectivity index (χ1n) is 11.8. The first-order valence-corrected chi connectivity index (χ1v) is 14.1. The van der Waals surface area contributed by atoms with Crippen molar-refractivity contribution in [3.05, 3.63) is 64.1 Å². The summed E-state index contributed by atoms with van der Waals surface area (Å²) in [5.41, 5.74) is 1.38. The molecule has 2 saturated carbocycles. The van der Waals surface area contributed by atoms with Crippen molar-refractivity contribution in [2.75, 3.05) is 5.32 Å². The average Bonchev–Trinajstić information content (AvgIpc) is 2.80. The quantitative estimate of drug-likeness (QED) is 0.371. The molecule has 0 aromatic heterocycles. The zero-order valence-corrected chi connectivity index (χ0v) is 20.8. The van der Waals surface area contributed by atoms with Gasteiger partial charge in [0.05, 0.1) is 12.2 Å². The van der Waals surface area contributed by atoms with Gasteiger partial charge < -0.3 is 14.4 Å². The van der Waals surface area contributed by atoms with E-state index in [1.165, 1.54) is 12.8 Å². The van der Waals surface area contributed by atoms with Crippen molar-refractivity contribution >= 4 is 36.5 Å². The first-order chi connectivity index (χ1) is 15.5. The third-order valence-corrected chi connectivity index (χ3v) is 9.23. The number of anilines is 1. The van der Waals surface area contributed by atoms with Crippen molar-refractivity contribution in [2.24, 2.45) is 0 Å². The van der Waals surface area contributed by atoms with E-state index in [4.69, 9.17) is 32.2 Å². The van der Waals surface area contributed by atoms with Gasteiger partial charge in [0.2, 0.25) is 0 Å². The largest absolute Gasteiger partial charge is 0.368 e. The molecule has 7 heteroatoms. The van der Waals surface area contributed by atoms with Crippen LogP contribution in [0.5, 0.6) is 0 Å². The maximum Gasteiger partial charge on any atom is 0.357 e. The summed E-state index contributed by atoms with van der Waals surface area (Å²) < 4.78 is 27.6. The minimum atomic E-state index is -3.69. The molecule has 0 radical (unpaired) electrons. The Morgan fingerprint density at radius 2 is 1.25 bits per heavy atom. The standard InChI is InChI=1S/C25H32Cl2NO3P/c26-22-17-10-18-23(27)24(22)25(28-19-11-4-1-5-12-19)32(29,30-20-13-6-2-7-14-20)31-21-15-8-3-9-16-21/h1,4-5,10-12,17-18,20-21,25,28H,2-3,6-9,13-16H2. The summed E-state index contributed by atoms with van der Waals surface area (Å²) >= 11 is 13.3. The van der Waals surface area contributed by atoms with Crippen molar-refractivity contribution in [1.29, 1.82) is 0 Å². The van der Waals surface area contributed by atoms with E-state index < -0.39 is 13.4 Å². The first kappa shape index (κ1) is 24.1. The van der Waals surface area contributed by atoms with Crippen LogP contribution in [0.4, 0.5) is 5.69 Å². The summed E-state index contributed by atoms with van der Waals surface area (Å²) in [5, 5.41) is 4.31. The Balaban J connectivity index is 1.74. The van der Waals surface area contributed by atoms with Crippen molar-refractivity contribution < 1.29 is 13.6 Å². The second-order valence-corrected chi connectivity index (χ2v) is 11.7. The fourth-order valence-electron chi connectivity index (χ4n) is 4.68. The molecule has 0 bridgehead atoms. The van der Waals surface area contributed by atoms with Crippen LogP contribution >= 0.6 is 30.8 Å². The van der Waals surface area contributed by atoms with Crippen LogP contribution in [0.3, 0.4) is 0 Å². The van der Waals surface area contributed by atoms with Gasteiger partial charge in [-0.3, -0.25) is 4.57 Å². The van der Waals surface area contributed by atoms with Crippen LogP contribution < -0.4 is 5.32 Å². The SMILES string of the molecule is O=P(OC1CCCCC1)(OC1CCCCC1)C(Nc1ccccc1)c1c(Cl)cccc1Cl. The van der Waals surface area contributed by atoms with E-state index in [0.29, 0.717) is 15.6 Å². The van der Waals surface area contributed by atoms with Gasteiger partial charge in [-0.15, -0.1) is 0 Å². The van der Waals surface area contributed by atoms with E-state index in [0.717, 1.165) is 57.1 Å². The molecule has 2 aromatic carbocycles. The van der Waals surface area contributed by atoms with E-state index in [-0.39, 0.29) is 12.2 Å². The van der Waals surface area contributed by atoms with Crippen LogP contribution in [0.15, 0.2) is 48.5 Å². The number of rotatable bonds is 8. The number of para-hydroxylation sites is 1. The highest BCUT2D eigenvalue weighted by Crippen LogP contribution is 2.65. The van der Waals surface area contributed by atoms with Crippen molar-refractivity contribution in [3.8, 4) is 0 Å². The third kappa shape index (κ3) is 6.10. The second kappa shape index (κ2) is 11.4. The summed E-state index contributed by atoms with van der Waals surface area (Å²) in [5.74, 6) is -0.796. The third-order valence-electron chi connectivity index (χ3n) is 6.36. The molecule has 1 atom stereocenters. The highest BCUT2D eigenvalue weighted by atomic mass is 35.5. The molecule has 2 fully saturated rings. The molecule has 174 valence electrons. The molecule has 0 heterocycles. The number of halogens is 2. The lowest BCUT2D eigenvalue weighted by Gasteiger charge is -2.36. The monoisotopic (exact) mass is 495 g/mol. The molecule has 1 unspecified atom stereocenters. The molecule has 1 N–H and O–H groups in total. The Bertz CT molecular complexity index is 870. The number of hydrogen-bond donors (Lipinski definition) is 1. The summed E-state index contributed by atoms with van der Waals surface area (Å²) in [6.45, 7) is 0. The molecule has 0 spiro atoms. The summed E-state index contributed by atoms with van der Waals surface area (Å²) in [6, 6.07) is 15.0. The number of benzene rings is 2. The molecule has 0 saturated heterocycles. The van der Waals surface area contributed by atoms with E-state index in [1.54, 1.807) is 18.2 Å². The fraction of sp³-hybridized carbons (Fsp3) is 0.520. The fourth-order valence-corrected chi connectivity index (χ4v) is 7.89. The molecule has 4 rings (SSSR count). The normalized spacial score (nSPS) is 19.6. The molecule has 2 aliphatic carbocycles. The molecule has 4 nitrogen and oxygen atoms in total. The Kier molecular flexibility index (Phi) is 8.59. The Labute approximate surface area is 201 Å². The average molecular weight is 496 g/mol. The van der Waals surface area contributed by atoms with Gasteiger partial charge in [0.1, 0.15) is 0 Å². The maximum absolute atomic E-state index is 14.7. The van der Waals surface area contributed by atoms with E-state index >= 15 is 0 Å². The van der Waals surface area contributed by atoms with E-state index in [1.807, 2.05) is 30.3 Å². The minimum absolute atomic E-state index is 0.0838. The zero-order valence-electron chi connectivity index (χ0n) is 18.3. The van der Waals surface area contributed by atoms with Gasteiger partial charge in [-0.25, -0.2) is 0 Å². The second-order valence-electron chi connectivity index (χ2n) is 8.82. The van der Waals surface area contributed by atoms with Gasteiger partial charge >= 0.3 is 7.60 Å². The van der Waals surface area contributed by atoms with Crippen LogP contribution in [0.1, 0.15) is 75.6 Å². The van der Waals surface area contributed by atoms with Gasteiger partial charge in [0.25, 0.3) is 0 Å². The van der Waals surface area contributed by atoms with Crippen LogP contribution in [0.2, 0.25) is 10.0 Å². The highest BCUT2D eigenvalue weighted by Gasteiger charge is 2.44. The zero-order chi connectivity index (χ0) is 22.4. The summed E-state index contributed by atoms with van der Waals surface area (Å²) in [6.07, 6.45) is 10.1. The predicted octanol–water partition coefficient (Wildman–Crippen LogP) is 9.00. The lowest BCUT2D eigenvalue weighted by molar-refractivity contribution is 0.0758. The van der Waals surface area contributed by atoms with Gasteiger partial charge in [0.15, 0.2) is 5.78 Å². The molecular formula is C25H32Cl2NO3P. The van der Waals surface area contributed by atoms with Crippen LogP contribution in [0.25, 0.3) is 0 Å². The van der Waals surface area contributed by atoms with Crippen LogP contribution in [0, 0.1) is 0 Å². The Morgan fingerprint density at radius 3 is 1.75 bits per heavy atom. The minimum Gasteiger partial charge on any atom is -0.368 e. The van der Waals surface area contributed by atoms with Crippen molar-refractivity contribution in [2.45, 2.75) is 82.2 Å². The lowest BCUT2D eigenvalue weighted by Crippen LogP contribution is -2.25. The van der Waals surface area contributed by atoms with Crippen LogP contribution in [-0.2, 0) is 13.6 Å². The van der Waals surface area contributed by atoms with Crippen molar-refractivity contribution in [3.63, 3.8) is 0 Å². The van der Waals surface area contributed by atoms with E-state index in [9.17, 15) is 4.57 Å². The molecule has 32 heavy (non-hydrogen) atoms. The lowest BCUT2D eigenvalue weighted by atomic mass is 9.98. The summed E-state index contributed by atoms with van der Waals surface area (Å²) in [4.78, 5) is 0. The summed E-state index contributed by atoms with van der Waals surface area (Å²) in [7, 11) is -3.69. The number of hydrogen-bond acceptors (Lipinski definition) is 4. The maximum atomic E-state index is 14.7. The van der Waals surface area contributed by atoms with Gasteiger partial charge in [-0.1, -0.05) is 86.0 Å². The Morgan fingerprint density at radius 1 is 0.750 bits per heavy atom. The number of nitrogens with one attached hydrogen (secondary N) is 1. The smallest absolute Gasteiger partial charge is 0.357 e. The molecular weight excluding hydrogens is 464 g/mol. The van der Waals surface area contributed by atoms with E-state index in [2.05, 4.69) is 5.32 Å². The molecule has 2 aliphatic rings. The highest BCUT2D eigenvalue weighted by molar-refractivity contribution is 7.54. The molecule has 0 amide bonds. The van der Waals surface area contributed by atoms with Gasteiger partial charge in [-0.05, 0) is 49.9 Å². The molecule has 2 aromatic rings. The van der Waals surface area contributed by atoms with Gasteiger partial charge in [-0.2, -0.15) is 0 Å². The Hall–Kier alpha value is -1.03. The van der Waals surface area contributed by atoms with Crippen LogP contribution in [-0.4, -0.2) is 12.2 Å². The molecule has 0 aliphatic heterocycles.